The van der Waals surface area contributed by atoms with Crippen molar-refractivity contribution in [2.75, 3.05) is 52.6 Å². The Morgan fingerprint density at radius 2 is 1.64 bits per heavy atom. The summed E-state index contributed by atoms with van der Waals surface area (Å²) in [7, 11) is 0. The van der Waals surface area contributed by atoms with Gasteiger partial charge in [0.2, 0.25) is 5.78 Å². The van der Waals surface area contributed by atoms with Gasteiger partial charge in [-0.3, -0.25) is 9.59 Å². The van der Waals surface area contributed by atoms with Crippen LogP contribution in [0.3, 0.4) is 0 Å². The Kier molecular flexibility index (Phi) is 8.61. The summed E-state index contributed by atoms with van der Waals surface area (Å²) in [4.78, 5) is 29.3. The minimum atomic E-state index is -0.746. The van der Waals surface area contributed by atoms with E-state index >= 15 is 0 Å². The number of hydrogen-bond acceptors (Lipinski definition) is 6. The van der Waals surface area contributed by atoms with Gasteiger partial charge < -0.3 is 29.1 Å². The highest BCUT2D eigenvalue weighted by molar-refractivity contribution is 6.46. The molecule has 0 spiro atoms. The minimum absolute atomic E-state index is 0.0108. The molecule has 4 rings (SSSR count). The number of quaternary nitrogens is 1. The fourth-order valence-electron chi connectivity index (χ4n) is 4.63. The Hall–Kier alpha value is -3.36. The molecule has 8 nitrogen and oxygen atoms in total. The zero-order chi connectivity index (χ0) is 25.5. The third kappa shape index (κ3) is 5.71. The molecule has 8 heteroatoms. The molecule has 0 aliphatic carbocycles. The number of rotatable bonds is 10. The van der Waals surface area contributed by atoms with Gasteiger partial charge in [0.25, 0.3) is 5.91 Å². The molecule has 1 atom stereocenters. The number of ether oxygens (including phenoxy) is 3. The number of morpholine rings is 1. The summed E-state index contributed by atoms with van der Waals surface area (Å²) in [5, 5.41) is 13.6. The molecule has 0 saturated carbocycles. The summed E-state index contributed by atoms with van der Waals surface area (Å²) in [5.74, 6) is -0.451. The number of carbonyl (C=O) groups is 2. The van der Waals surface area contributed by atoms with Crippen molar-refractivity contribution >= 4 is 17.4 Å². The smallest absolute Gasteiger partial charge is 0.295 e. The first-order valence-corrected chi connectivity index (χ1v) is 12.7. The number of ketones is 1. The van der Waals surface area contributed by atoms with Crippen molar-refractivity contribution < 1.29 is 33.8 Å². The van der Waals surface area contributed by atoms with Gasteiger partial charge in [-0.25, -0.2) is 0 Å². The molecule has 1 N–H and O–H groups in total. The normalized spacial score (nSPS) is 20.1. The van der Waals surface area contributed by atoms with E-state index in [-0.39, 0.29) is 5.57 Å². The second-order valence-corrected chi connectivity index (χ2v) is 8.96. The van der Waals surface area contributed by atoms with Crippen LogP contribution in [0.1, 0.15) is 37.4 Å². The standard InChI is InChI=1S/C28H34N2O6/c1-3-17-36-23-11-7-21(8-12-23)26(31)24-25(20-5-9-22(10-6-20)35-4-2)30(28(33)27(24)32)14-13-29-15-18-34-19-16-29/h5-12,25,31H,3-4,13-19H2,1-2H3. The van der Waals surface area contributed by atoms with E-state index in [1.807, 2.05) is 26.0 Å². The lowest BCUT2D eigenvalue weighted by Gasteiger charge is -2.30. The molecule has 192 valence electrons. The Labute approximate surface area is 212 Å². The first-order chi connectivity index (χ1) is 17.5. The zero-order valence-electron chi connectivity index (χ0n) is 21.0. The molecule has 1 amide bonds. The second kappa shape index (κ2) is 12.1. The van der Waals surface area contributed by atoms with E-state index in [0.717, 1.165) is 19.5 Å². The van der Waals surface area contributed by atoms with E-state index in [1.165, 1.54) is 4.90 Å². The number of amides is 1. The topological polar surface area (TPSA) is 92.6 Å². The van der Waals surface area contributed by atoms with Gasteiger partial charge in [0.15, 0.2) is 0 Å². The summed E-state index contributed by atoms with van der Waals surface area (Å²) in [6.45, 7) is 9.15. The summed E-state index contributed by atoms with van der Waals surface area (Å²) in [5.41, 5.74) is 1.05. The van der Waals surface area contributed by atoms with Crippen molar-refractivity contribution in [1.82, 2.24) is 4.90 Å². The Bertz CT molecular complexity index is 1070. The van der Waals surface area contributed by atoms with Crippen LogP contribution in [0.15, 0.2) is 54.1 Å². The first kappa shape index (κ1) is 25.7. The van der Waals surface area contributed by atoms with Crippen LogP contribution in [0.4, 0.5) is 0 Å². The van der Waals surface area contributed by atoms with Crippen LogP contribution in [-0.2, 0) is 14.3 Å². The monoisotopic (exact) mass is 494 g/mol. The van der Waals surface area contributed by atoms with Gasteiger partial charge >= 0.3 is 0 Å². The Balaban J connectivity index is 1.68. The molecule has 0 radical (unpaired) electrons. The van der Waals surface area contributed by atoms with Crippen molar-refractivity contribution in [2.45, 2.75) is 26.3 Å². The molecule has 2 aromatic carbocycles. The number of nitrogens with zero attached hydrogens (tertiary/aromatic N) is 1. The van der Waals surface area contributed by atoms with E-state index in [2.05, 4.69) is 0 Å². The van der Waals surface area contributed by atoms with E-state index in [1.54, 1.807) is 41.3 Å². The molecule has 2 fully saturated rings. The average molecular weight is 495 g/mol. The van der Waals surface area contributed by atoms with E-state index < -0.39 is 23.5 Å². The van der Waals surface area contributed by atoms with Crippen LogP contribution >= 0.6 is 0 Å². The fourth-order valence-corrected chi connectivity index (χ4v) is 4.63. The highest BCUT2D eigenvalue weighted by atomic mass is 16.5. The fraction of sp³-hybridized carbons (Fsp3) is 0.429. The summed E-state index contributed by atoms with van der Waals surface area (Å²) in [6.07, 6.45) is 0.876. The molecular formula is C28H34N2O6. The van der Waals surface area contributed by atoms with Crippen molar-refractivity contribution in [3.05, 3.63) is 65.2 Å². The maximum absolute atomic E-state index is 13.6. The van der Waals surface area contributed by atoms with E-state index in [0.29, 0.717) is 62.1 Å². The highest BCUT2D eigenvalue weighted by Gasteiger charge is 2.44. The number of carbonyl (C=O) groups excluding carboxylic acids is 2. The molecule has 2 aliphatic heterocycles. The third-order valence-electron chi connectivity index (χ3n) is 6.53. The SMILES string of the molecule is CCCOc1ccc(C([O-])=C2C(=O)C(=O)N(CC[NH+]3CCOCC3)C2c2ccc(OCC)cc2)cc1. The Morgan fingerprint density at radius 3 is 2.28 bits per heavy atom. The molecule has 2 aromatic rings. The largest absolute Gasteiger partial charge is 0.872 e. The van der Waals surface area contributed by atoms with Gasteiger partial charge in [-0.2, -0.15) is 0 Å². The lowest BCUT2D eigenvalue weighted by Crippen LogP contribution is -3.14. The molecule has 36 heavy (non-hydrogen) atoms. The maximum Gasteiger partial charge on any atom is 0.295 e. The van der Waals surface area contributed by atoms with Crippen molar-refractivity contribution in [3.8, 4) is 11.5 Å². The van der Waals surface area contributed by atoms with Gasteiger partial charge in [0.1, 0.15) is 24.6 Å². The van der Waals surface area contributed by atoms with Crippen LogP contribution in [0.2, 0.25) is 0 Å². The predicted molar refractivity (Wildman–Crippen MR) is 133 cm³/mol. The molecular weight excluding hydrogens is 460 g/mol. The summed E-state index contributed by atoms with van der Waals surface area (Å²) >= 11 is 0. The van der Waals surface area contributed by atoms with Crippen LogP contribution in [0, 0.1) is 0 Å². The van der Waals surface area contributed by atoms with Gasteiger partial charge in [-0.15, -0.1) is 0 Å². The van der Waals surface area contributed by atoms with Gasteiger partial charge in [0.05, 0.1) is 45.6 Å². The second-order valence-electron chi connectivity index (χ2n) is 8.96. The van der Waals surface area contributed by atoms with Crippen molar-refractivity contribution in [1.29, 1.82) is 0 Å². The number of Topliss-reactive ketones (excluding diaryl/α,β-unsaturated/α-hetero) is 1. The minimum Gasteiger partial charge on any atom is -0.872 e. The number of benzene rings is 2. The van der Waals surface area contributed by atoms with E-state index in [9.17, 15) is 14.7 Å². The molecule has 0 aromatic heterocycles. The van der Waals surface area contributed by atoms with Gasteiger partial charge in [-0.05, 0) is 48.7 Å². The molecule has 2 aliphatic rings. The zero-order valence-corrected chi connectivity index (χ0v) is 21.0. The summed E-state index contributed by atoms with van der Waals surface area (Å²) < 4.78 is 16.6. The van der Waals surface area contributed by atoms with Crippen LogP contribution in [-0.4, -0.2) is 69.2 Å². The molecule has 2 saturated heterocycles. The summed E-state index contributed by atoms with van der Waals surface area (Å²) in [6, 6.07) is 13.2. The number of likely N-dealkylation sites (tertiary alicyclic amines) is 1. The lowest BCUT2D eigenvalue weighted by atomic mass is 9.95. The van der Waals surface area contributed by atoms with Crippen molar-refractivity contribution in [2.24, 2.45) is 0 Å². The molecule has 2 heterocycles. The third-order valence-corrected chi connectivity index (χ3v) is 6.53. The van der Waals surface area contributed by atoms with E-state index in [4.69, 9.17) is 14.2 Å². The van der Waals surface area contributed by atoms with Crippen LogP contribution in [0.5, 0.6) is 11.5 Å². The van der Waals surface area contributed by atoms with Crippen LogP contribution < -0.4 is 19.5 Å². The molecule has 0 bridgehead atoms. The maximum atomic E-state index is 13.6. The quantitative estimate of drug-likeness (QED) is 0.301. The highest BCUT2D eigenvalue weighted by Crippen LogP contribution is 2.39. The predicted octanol–water partition coefficient (Wildman–Crippen LogP) is 1.01. The lowest BCUT2D eigenvalue weighted by molar-refractivity contribution is -0.907. The number of hydrogen-bond donors (Lipinski definition) is 1. The van der Waals surface area contributed by atoms with Gasteiger partial charge in [0, 0.05) is 5.57 Å². The number of nitrogens with one attached hydrogen (secondary N) is 1. The van der Waals surface area contributed by atoms with Crippen molar-refractivity contribution in [3.63, 3.8) is 0 Å². The van der Waals surface area contributed by atoms with Gasteiger partial charge in [-0.1, -0.05) is 36.9 Å². The van der Waals surface area contributed by atoms with Crippen LogP contribution in [0.25, 0.3) is 5.76 Å². The first-order valence-electron chi connectivity index (χ1n) is 12.7. The Morgan fingerprint density at radius 1 is 1.00 bits per heavy atom. The molecule has 1 unspecified atom stereocenters. The average Bonchev–Trinajstić information content (AvgIpc) is 3.17.